The second-order valence-corrected chi connectivity index (χ2v) is 4.92. The zero-order valence-corrected chi connectivity index (χ0v) is 12.0. The van der Waals surface area contributed by atoms with Crippen molar-refractivity contribution in [2.45, 2.75) is 0 Å². The van der Waals surface area contributed by atoms with E-state index < -0.39 is 11.8 Å². The standard InChI is InChI=1S/C14H8Cl2FN3O/c15-9-4-10(16)6-11(5-9)19-14(21)20-13-2-1-8(7-18)3-12(13)17/h1-6H,(H2,19,20,21). The minimum absolute atomic E-state index is 0.0420. The van der Waals surface area contributed by atoms with E-state index in [0.29, 0.717) is 15.7 Å². The number of benzene rings is 2. The van der Waals surface area contributed by atoms with Crippen molar-refractivity contribution in [2.24, 2.45) is 0 Å². The van der Waals surface area contributed by atoms with Crippen molar-refractivity contribution in [1.29, 1.82) is 5.26 Å². The molecule has 0 fully saturated rings. The molecule has 0 unspecified atom stereocenters. The van der Waals surface area contributed by atoms with Gasteiger partial charge >= 0.3 is 6.03 Å². The highest BCUT2D eigenvalue weighted by molar-refractivity contribution is 6.35. The molecule has 106 valence electrons. The predicted molar refractivity (Wildman–Crippen MR) is 80.2 cm³/mol. The summed E-state index contributed by atoms with van der Waals surface area (Å²) in [5.41, 5.74) is 0.499. The molecule has 2 rings (SSSR count). The number of hydrogen-bond acceptors (Lipinski definition) is 2. The van der Waals surface area contributed by atoms with Crippen molar-refractivity contribution in [1.82, 2.24) is 0 Å². The zero-order chi connectivity index (χ0) is 15.4. The van der Waals surface area contributed by atoms with Gasteiger partial charge in [-0.1, -0.05) is 23.2 Å². The number of carbonyl (C=O) groups excluding carboxylic acids is 1. The maximum absolute atomic E-state index is 13.6. The number of nitriles is 1. The number of amides is 2. The van der Waals surface area contributed by atoms with Crippen LogP contribution in [0.15, 0.2) is 36.4 Å². The number of nitrogens with zero attached hydrogens (tertiary/aromatic N) is 1. The Morgan fingerprint density at radius 2 is 1.76 bits per heavy atom. The Balaban J connectivity index is 2.10. The summed E-state index contributed by atoms with van der Waals surface area (Å²) < 4.78 is 13.6. The molecule has 0 bridgehead atoms. The normalized spacial score (nSPS) is 9.81. The van der Waals surface area contributed by atoms with Gasteiger partial charge in [0.25, 0.3) is 0 Å². The predicted octanol–water partition coefficient (Wildman–Crippen LogP) is 4.65. The van der Waals surface area contributed by atoms with Crippen LogP contribution in [0.1, 0.15) is 5.56 Å². The van der Waals surface area contributed by atoms with E-state index in [1.807, 2.05) is 0 Å². The molecule has 0 radical (unpaired) electrons. The van der Waals surface area contributed by atoms with Crippen molar-refractivity contribution in [2.75, 3.05) is 10.6 Å². The Bertz CT molecular complexity index is 723. The van der Waals surface area contributed by atoms with Crippen molar-refractivity contribution in [3.63, 3.8) is 0 Å². The third-order valence-electron chi connectivity index (χ3n) is 2.47. The van der Waals surface area contributed by atoms with Gasteiger partial charge in [0.05, 0.1) is 17.3 Å². The summed E-state index contributed by atoms with van der Waals surface area (Å²) in [6.07, 6.45) is 0. The van der Waals surface area contributed by atoms with Crippen LogP contribution in [-0.4, -0.2) is 6.03 Å². The van der Waals surface area contributed by atoms with E-state index in [1.54, 1.807) is 6.07 Å². The largest absolute Gasteiger partial charge is 0.323 e. The lowest BCUT2D eigenvalue weighted by Gasteiger charge is -2.09. The molecule has 0 heterocycles. The summed E-state index contributed by atoms with van der Waals surface area (Å²) in [5, 5.41) is 14.2. The van der Waals surface area contributed by atoms with Gasteiger partial charge in [0.15, 0.2) is 0 Å². The van der Waals surface area contributed by atoms with Crippen LogP contribution >= 0.6 is 23.2 Å². The van der Waals surface area contributed by atoms with Gasteiger partial charge in [0.2, 0.25) is 0 Å². The first-order valence-electron chi connectivity index (χ1n) is 5.71. The lowest BCUT2D eigenvalue weighted by Crippen LogP contribution is -2.20. The van der Waals surface area contributed by atoms with Crippen molar-refractivity contribution in [3.8, 4) is 6.07 Å². The Kier molecular flexibility index (Phi) is 4.63. The number of urea groups is 1. The van der Waals surface area contributed by atoms with Gasteiger partial charge in [-0.3, -0.25) is 0 Å². The molecular weight excluding hydrogens is 316 g/mol. The molecule has 2 aromatic rings. The molecule has 7 heteroatoms. The highest BCUT2D eigenvalue weighted by Gasteiger charge is 2.08. The van der Waals surface area contributed by atoms with Crippen molar-refractivity contribution in [3.05, 3.63) is 57.8 Å². The minimum atomic E-state index is -0.701. The quantitative estimate of drug-likeness (QED) is 0.844. The van der Waals surface area contributed by atoms with Gasteiger partial charge in [0.1, 0.15) is 5.82 Å². The molecule has 0 aliphatic rings. The molecule has 2 aromatic carbocycles. The summed E-state index contributed by atoms with van der Waals surface area (Å²) in [6, 6.07) is 9.41. The SMILES string of the molecule is N#Cc1ccc(NC(=O)Nc2cc(Cl)cc(Cl)c2)c(F)c1. The van der Waals surface area contributed by atoms with Crippen LogP contribution in [0, 0.1) is 17.1 Å². The number of nitrogens with one attached hydrogen (secondary N) is 2. The number of carbonyl (C=O) groups is 1. The van der Waals surface area contributed by atoms with Crippen LogP contribution in [0.25, 0.3) is 0 Å². The second kappa shape index (κ2) is 6.44. The Morgan fingerprint density at radius 1 is 1.10 bits per heavy atom. The van der Waals surface area contributed by atoms with Gasteiger partial charge < -0.3 is 10.6 Å². The molecule has 0 saturated carbocycles. The topological polar surface area (TPSA) is 64.9 Å². The molecular formula is C14H8Cl2FN3O. The molecule has 0 aromatic heterocycles. The zero-order valence-electron chi connectivity index (χ0n) is 10.5. The molecule has 0 atom stereocenters. The van der Waals surface area contributed by atoms with Gasteiger partial charge in [-0.15, -0.1) is 0 Å². The first-order valence-corrected chi connectivity index (χ1v) is 6.47. The molecule has 2 N–H and O–H groups in total. The fourth-order valence-corrected chi connectivity index (χ4v) is 2.12. The Hall–Kier alpha value is -2.29. The van der Waals surface area contributed by atoms with E-state index in [0.717, 1.165) is 6.07 Å². The fourth-order valence-electron chi connectivity index (χ4n) is 1.60. The van der Waals surface area contributed by atoms with Crippen LogP contribution in [0.3, 0.4) is 0 Å². The molecule has 4 nitrogen and oxygen atoms in total. The molecule has 2 amide bonds. The summed E-state index contributed by atoms with van der Waals surface area (Å²) in [4.78, 5) is 11.8. The Labute approximate surface area is 130 Å². The molecule has 0 spiro atoms. The minimum Gasteiger partial charge on any atom is -0.308 e. The summed E-state index contributed by atoms with van der Waals surface area (Å²) in [5.74, 6) is -0.701. The van der Waals surface area contributed by atoms with Crippen LogP contribution in [0.4, 0.5) is 20.6 Å². The van der Waals surface area contributed by atoms with E-state index in [4.69, 9.17) is 28.5 Å². The van der Waals surface area contributed by atoms with Crippen LogP contribution in [0.5, 0.6) is 0 Å². The van der Waals surface area contributed by atoms with Gasteiger partial charge in [-0.25, -0.2) is 9.18 Å². The van der Waals surface area contributed by atoms with Gasteiger partial charge in [0, 0.05) is 15.7 Å². The summed E-state index contributed by atoms with van der Waals surface area (Å²) >= 11 is 11.6. The van der Waals surface area contributed by atoms with Gasteiger partial charge in [-0.05, 0) is 36.4 Å². The van der Waals surface area contributed by atoms with Crippen molar-refractivity contribution >= 4 is 40.6 Å². The average Bonchev–Trinajstić information content (AvgIpc) is 2.39. The first kappa shape index (κ1) is 15.1. The van der Waals surface area contributed by atoms with E-state index in [9.17, 15) is 9.18 Å². The fraction of sp³-hybridized carbons (Fsp3) is 0. The third-order valence-corrected chi connectivity index (χ3v) is 2.90. The highest BCUT2D eigenvalue weighted by atomic mass is 35.5. The average molecular weight is 324 g/mol. The molecule has 21 heavy (non-hydrogen) atoms. The smallest absolute Gasteiger partial charge is 0.308 e. The van der Waals surface area contributed by atoms with E-state index in [2.05, 4.69) is 10.6 Å². The second-order valence-electron chi connectivity index (χ2n) is 4.04. The number of anilines is 2. The van der Waals surface area contributed by atoms with Crippen LogP contribution < -0.4 is 10.6 Å². The van der Waals surface area contributed by atoms with E-state index >= 15 is 0 Å². The van der Waals surface area contributed by atoms with Crippen LogP contribution in [0.2, 0.25) is 10.0 Å². The molecule has 0 aliphatic carbocycles. The number of halogens is 3. The lowest BCUT2D eigenvalue weighted by atomic mass is 10.2. The maximum atomic E-state index is 13.6. The van der Waals surface area contributed by atoms with E-state index in [-0.39, 0.29) is 11.3 Å². The monoisotopic (exact) mass is 323 g/mol. The number of rotatable bonds is 2. The summed E-state index contributed by atoms with van der Waals surface area (Å²) in [7, 11) is 0. The summed E-state index contributed by atoms with van der Waals surface area (Å²) in [6.45, 7) is 0. The Morgan fingerprint density at radius 3 is 2.33 bits per heavy atom. The maximum Gasteiger partial charge on any atom is 0.323 e. The molecule has 0 aliphatic heterocycles. The van der Waals surface area contributed by atoms with Crippen LogP contribution in [-0.2, 0) is 0 Å². The van der Waals surface area contributed by atoms with E-state index in [1.165, 1.54) is 30.3 Å². The third kappa shape index (κ3) is 4.09. The van der Waals surface area contributed by atoms with Gasteiger partial charge in [-0.2, -0.15) is 5.26 Å². The van der Waals surface area contributed by atoms with Crippen molar-refractivity contribution < 1.29 is 9.18 Å². The number of hydrogen-bond donors (Lipinski definition) is 2. The highest BCUT2D eigenvalue weighted by Crippen LogP contribution is 2.23. The lowest BCUT2D eigenvalue weighted by molar-refractivity contribution is 0.262. The first-order chi connectivity index (χ1) is 9.97. The molecule has 0 saturated heterocycles.